The van der Waals surface area contributed by atoms with Crippen LogP contribution in [0, 0.1) is 0 Å². The van der Waals surface area contributed by atoms with Crippen molar-refractivity contribution in [3.8, 4) is 5.75 Å². The van der Waals surface area contributed by atoms with E-state index in [1.807, 2.05) is 18.2 Å². The zero-order valence-electron chi connectivity index (χ0n) is 13.1. The lowest BCUT2D eigenvalue weighted by atomic mass is 9.97. The van der Waals surface area contributed by atoms with Crippen molar-refractivity contribution in [3.05, 3.63) is 65.7 Å². The molecular formula is C18H18N2O3. The van der Waals surface area contributed by atoms with Gasteiger partial charge in [0.2, 0.25) is 0 Å². The van der Waals surface area contributed by atoms with Crippen molar-refractivity contribution in [2.75, 3.05) is 7.11 Å². The zero-order chi connectivity index (χ0) is 16.4. The van der Waals surface area contributed by atoms with E-state index in [0.29, 0.717) is 29.0 Å². The Morgan fingerprint density at radius 3 is 2.43 bits per heavy atom. The number of hydrogen-bond acceptors (Lipinski definition) is 4. The summed E-state index contributed by atoms with van der Waals surface area (Å²) in [5.41, 5.74) is 0.335. The van der Waals surface area contributed by atoms with Crippen LogP contribution >= 0.6 is 0 Å². The average Bonchev–Trinajstić information content (AvgIpc) is 2.91. The van der Waals surface area contributed by atoms with Crippen molar-refractivity contribution < 1.29 is 14.6 Å². The lowest BCUT2D eigenvalue weighted by Gasteiger charge is -2.31. The predicted molar refractivity (Wildman–Crippen MR) is 87.2 cm³/mol. The molecule has 2 aromatic rings. The third-order valence-corrected chi connectivity index (χ3v) is 3.89. The van der Waals surface area contributed by atoms with Gasteiger partial charge in [0.05, 0.1) is 7.11 Å². The minimum absolute atomic E-state index is 0.291. The fraction of sp³-hybridized carbons (Fsp3) is 0.222. The summed E-state index contributed by atoms with van der Waals surface area (Å²) in [5, 5.41) is 16.5. The molecule has 0 spiro atoms. The molecule has 1 atom stereocenters. The molecule has 1 aliphatic rings. The SMILES string of the molecule is COc1ccc(C(=O)N2N=C(C)C[C@@]2(O)c2ccccc2)cc1. The fourth-order valence-corrected chi connectivity index (χ4v) is 2.72. The molecule has 1 aliphatic heterocycles. The molecule has 0 unspecified atom stereocenters. The van der Waals surface area contributed by atoms with Crippen molar-refractivity contribution >= 4 is 11.6 Å². The molecule has 3 rings (SSSR count). The van der Waals surface area contributed by atoms with Gasteiger partial charge in [-0.1, -0.05) is 30.3 Å². The zero-order valence-corrected chi connectivity index (χ0v) is 13.1. The lowest BCUT2D eigenvalue weighted by Crippen LogP contribution is -2.43. The predicted octanol–water partition coefficient (Wildman–Crippen LogP) is 2.76. The number of carbonyl (C=O) groups excluding carboxylic acids is 1. The Kier molecular flexibility index (Phi) is 3.88. The van der Waals surface area contributed by atoms with Gasteiger partial charge < -0.3 is 9.84 Å². The van der Waals surface area contributed by atoms with Gasteiger partial charge >= 0.3 is 0 Å². The van der Waals surface area contributed by atoms with E-state index in [1.54, 1.807) is 50.4 Å². The van der Waals surface area contributed by atoms with Gasteiger partial charge in [0.25, 0.3) is 5.91 Å². The first kappa shape index (κ1) is 15.2. The Morgan fingerprint density at radius 1 is 1.17 bits per heavy atom. The molecule has 1 N–H and O–H groups in total. The van der Waals surface area contributed by atoms with Gasteiger partial charge in [-0.2, -0.15) is 10.1 Å². The summed E-state index contributed by atoms with van der Waals surface area (Å²) in [6, 6.07) is 15.9. The van der Waals surface area contributed by atoms with Crippen LogP contribution in [0.1, 0.15) is 29.3 Å². The maximum Gasteiger partial charge on any atom is 0.276 e. The van der Waals surface area contributed by atoms with Gasteiger partial charge in [0.1, 0.15) is 5.75 Å². The molecule has 0 aliphatic carbocycles. The number of ether oxygens (including phenoxy) is 1. The summed E-state index contributed by atoms with van der Waals surface area (Å²) in [4.78, 5) is 12.8. The highest BCUT2D eigenvalue weighted by Crippen LogP contribution is 2.36. The third kappa shape index (κ3) is 2.71. The number of aliphatic hydroxyl groups is 1. The van der Waals surface area contributed by atoms with E-state index >= 15 is 0 Å². The van der Waals surface area contributed by atoms with Gasteiger partial charge in [0.15, 0.2) is 5.72 Å². The van der Waals surface area contributed by atoms with Crippen LogP contribution in [0.2, 0.25) is 0 Å². The standard InChI is InChI=1S/C18H18N2O3/c1-13-12-18(22,15-6-4-3-5-7-15)20(19-13)17(21)14-8-10-16(23-2)11-9-14/h3-11,22H,12H2,1-2H3/t18-/m1/s1. The molecule has 0 fully saturated rings. The summed E-state index contributed by atoms with van der Waals surface area (Å²) in [5.74, 6) is 0.317. The van der Waals surface area contributed by atoms with E-state index in [4.69, 9.17) is 4.74 Å². The van der Waals surface area contributed by atoms with Crippen LogP contribution in [-0.4, -0.2) is 28.8 Å². The molecule has 5 nitrogen and oxygen atoms in total. The smallest absolute Gasteiger partial charge is 0.276 e. The first-order chi connectivity index (χ1) is 11.0. The highest BCUT2D eigenvalue weighted by molar-refractivity contribution is 5.98. The van der Waals surface area contributed by atoms with E-state index in [9.17, 15) is 9.90 Å². The number of amides is 1. The van der Waals surface area contributed by atoms with Gasteiger partial charge in [-0.3, -0.25) is 4.79 Å². The van der Waals surface area contributed by atoms with Crippen LogP contribution in [0.25, 0.3) is 0 Å². The minimum atomic E-state index is -1.46. The lowest BCUT2D eigenvalue weighted by molar-refractivity contribution is -0.0765. The molecule has 0 saturated heterocycles. The number of benzene rings is 2. The van der Waals surface area contributed by atoms with E-state index in [0.717, 1.165) is 0 Å². The second-order valence-electron chi connectivity index (χ2n) is 5.54. The second kappa shape index (κ2) is 5.85. The monoisotopic (exact) mass is 310 g/mol. The maximum absolute atomic E-state index is 12.8. The highest BCUT2D eigenvalue weighted by atomic mass is 16.5. The van der Waals surface area contributed by atoms with Crippen LogP contribution < -0.4 is 4.74 Å². The second-order valence-corrected chi connectivity index (χ2v) is 5.54. The van der Waals surface area contributed by atoms with E-state index in [1.165, 1.54) is 5.01 Å². The molecule has 0 bridgehead atoms. The van der Waals surface area contributed by atoms with Gasteiger partial charge in [-0.25, -0.2) is 0 Å². The molecule has 118 valence electrons. The summed E-state index contributed by atoms with van der Waals surface area (Å²) in [6.45, 7) is 1.80. The van der Waals surface area contributed by atoms with Crippen molar-refractivity contribution in [1.29, 1.82) is 0 Å². The van der Waals surface area contributed by atoms with Crippen molar-refractivity contribution in [2.24, 2.45) is 5.10 Å². The first-order valence-electron chi connectivity index (χ1n) is 7.35. The van der Waals surface area contributed by atoms with Gasteiger partial charge in [-0.05, 0) is 31.2 Å². The molecule has 0 saturated carbocycles. The van der Waals surface area contributed by atoms with E-state index in [2.05, 4.69) is 5.10 Å². The van der Waals surface area contributed by atoms with E-state index < -0.39 is 5.72 Å². The molecule has 23 heavy (non-hydrogen) atoms. The Labute approximate surface area is 134 Å². The summed E-state index contributed by atoms with van der Waals surface area (Å²) in [7, 11) is 1.57. The molecule has 0 radical (unpaired) electrons. The number of carbonyl (C=O) groups is 1. The van der Waals surface area contributed by atoms with Crippen molar-refractivity contribution in [2.45, 2.75) is 19.1 Å². The van der Waals surface area contributed by atoms with Crippen LogP contribution in [0.15, 0.2) is 59.7 Å². The Hall–Kier alpha value is -2.66. The molecule has 1 amide bonds. The average molecular weight is 310 g/mol. The van der Waals surface area contributed by atoms with E-state index in [-0.39, 0.29) is 5.91 Å². The summed E-state index contributed by atoms with van der Waals surface area (Å²) in [6.07, 6.45) is 0.291. The minimum Gasteiger partial charge on any atom is -0.497 e. The number of nitrogens with zero attached hydrogens (tertiary/aromatic N) is 2. The van der Waals surface area contributed by atoms with Crippen LogP contribution in [0.3, 0.4) is 0 Å². The number of rotatable bonds is 3. The maximum atomic E-state index is 12.8. The topological polar surface area (TPSA) is 62.1 Å². The molecule has 0 aromatic heterocycles. The number of hydrazone groups is 1. The van der Waals surface area contributed by atoms with Crippen LogP contribution in [-0.2, 0) is 5.72 Å². The van der Waals surface area contributed by atoms with Crippen molar-refractivity contribution in [3.63, 3.8) is 0 Å². The Morgan fingerprint density at radius 2 is 1.83 bits per heavy atom. The summed E-state index contributed by atoms with van der Waals surface area (Å²) < 4.78 is 5.10. The van der Waals surface area contributed by atoms with Gasteiger partial charge in [-0.15, -0.1) is 0 Å². The fourth-order valence-electron chi connectivity index (χ4n) is 2.72. The Balaban J connectivity index is 1.96. The molecule has 1 heterocycles. The normalized spacial score (nSPS) is 20.3. The van der Waals surface area contributed by atoms with Crippen LogP contribution in [0.4, 0.5) is 0 Å². The molecular weight excluding hydrogens is 292 g/mol. The molecule has 5 heteroatoms. The molecule has 2 aromatic carbocycles. The number of hydrogen-bond donors (Lipinski definition) is 1. The number of methoxy groups -OCH3 is 1. The quantitative estimate of drug-likeness (QED) is 0.948. The first-order valence-corrected chi connectivity index (χ1v) is 7.35. The summed E-state index contributed by atoms with van der Waals surface area (Å²) >= 11 is 0. The van der Waals surface area contributed by atoms with Crippen molar-refractivity contribution in [1.82, 2.24) is 5.01 Å². The third-order valence-electron chi connectivity index (χ3n) is 3.89. The van der Waals surface area contributed by atoms with Gasteiger partial charge in [0, 0.05) is 23.3 Å². The Bertz CT molecular complexity index is 741. The largest absolute Gasteiger partial charge is 0.497 e. The highest BCUT2D eigenvalue weighted by Gasteiger charge is 2.45. The van der Waals surface area contributed by atoms with Crippen LogP contribution in [0.5, 0.6) is 5.75 Å².